The van der Waals surface area contributed by atoms with Crippen molar-refractivity contribution in [1.82, 2.24) is 5.32 Å². The third kappa shape index (κ3) is 46.7. The topological polar surface area (TPSA) is 149 Å². The quantitative estimate of drug-likeness (QED) is 0.0261. The normalized spacial score (nSPS) is 18.9. The van der Waals surface area contributed by atoms with Crippen LogP contribution in [0.15, 0.2) is 48.6 Å². The molecule has 9 heteroatoms. The van der Waals surface area contributed by atoms with Crippen LogP contribution in [0, 0.1) is 0 Å². The van der Waals surface area contributed by atoms with Gasteiger partial charge in [0, 0.05) is 6.42 Å². The van der Waals surface area contributed by atoms with Crippen LogP contribution in [0.4, 0.5) is 0 Å². The van der Waals surface area contributed by atoms with Gasteiger partial charge in [0.1, 0.15) is 24.4 Å². The highest BCUT2D eigenvalue weighted by atomic mass is 16.7. The lowest BCUT2D eigenvalue weighted by atomic mass is 9.99. The summed E-state index contributed by atoms with van der Waals surface area (Å²) in [5, 5.41) is 54.7. The molecular weight excluding hydrogens is 971 g/mol. The first kappa shape index (κ1) is 74.2. The monoisotopic (exact) mass is 1100 g/mol. The molecule has 1 aliphatic heterocycles. The smallest absolute Gasteiger partial charge is 0.220 e. The van der Waals surface area contributed by atoms with Gasteiger partial charge >= 0.3 is 0 Å². The summed E-state index contributed by atoms with van der Waals surface area (Å²) < 4.78 is 11.3. The molecule has 0 bridgehead atoms. The van der Waals surface area contributed by atoms with E-state index in [1.54, 1.807) is 6.08 Å². The average molecular weight is 1100 g/mol. The van der Waals surface area contributed by atoms with E-state index in [2.05, 4.69) is 55.6 Å². The molecule has 0 radical (unpaired) electrons. The Morgan fingerprint density at radius 1 is 0.436 bits per heavy atom. The summed E-state index contributed by atoms with van der Waals surface area (Å²) >= 11 is 0. The van der Waals surface area contributed by atoms with Crippen LogP contribution in [0.3, 0.4) is 0 Å². The molecule has 7 atom stereocenters. The molecule has 1 fully saturated rings. The molecule has 0 aromatic heterocycles. The molecule has 1 heterocycles. The number of ether oxygens (including phenoxy) is 2. The molecule has 0 aromatic rings. The van der Waals surface area contributed by atoms with Crippen molar-refractivity contribution < 1.29 is 39.8 Å². The molecule has 1 amide bonds. The molecule has 6 N–H and O–H groups in total. The van der Waals surface area contributed by atoms with E-state index in [9.17, 15) is 30.3 Å². The van der Waals surface area contributed by atoms with Crippen LogP contribution in [-0.4, -0.2) is 87.5 Å². The fraction of sp³-hybridized carbons (Fsp3) is 0.870. The van der Waals surface area contributed by atoms with E-state index in [0.29, 0.717) is 6.42 Å². The minimum atomic E-state index is -1.57. The van der Waals surface area contributed by atoms with Crippen molar-refractivity contribution in [2.24, 2.45) is 0 Å². The zero-order valence-electron chi connectivity index (χ0n) is 51.2. The van der Waals surface area contributed by atoms with Crippen LogP contribution in [0.5, 0.6) is 0 Å². The fourth-order valence-electron chi connectivity index (χ4n) is 10.8. The van der Waals surface area contributed by atoms with E-state index in [1.165, 1.54) is 257 Å². The lowest BCUT2D eigenvalue weighted by Gasteiger charge is -2.40. The maximum atomic E-state index is 13.1. The fourth-order valence-corrected chi connectivity index (χ4v) is 10.8. The van der Waals surface area contributed by atoms with E-state index in [1.807, 2.05) is 6.08 Å². The van der Waals surface area contributed by atoms with Crippen LogP contribution in [0.25, 0.3) is 0 Å². The van der Waals surface area contributed by atoms with E-state index in [0.717, 1.165) is 51.4 Å². The SMILES string of the molecule is CCCCCCC/C=C\C/C=C\C/C=C\CCCCCCCCCCCCCCCCCCCCCCC(=O)NC(COC1OC(CO)C(O)C(O)C1O)C(O)/C=C/CCCCCCCCCCCCCCCCCCCC. The third-order valence-electron chi connectivity index (χ3n) is 16.1. The van der Waals surface area contributed by atoms with Gasteiger partial charge in [-0.1, -0.05) is 313 Å². The number of hydrogen-bond acceptors (Lipinski definition) is 8. The Kier molecular flexibility index (Phi) is 55.5. The number of aliphatic hydroxyl groups excluding tert-OH is 5. The number of amides is 1. The van der Waals surface area contributed by atoms with E-state index in [-0.39, 0.29) is 12.5 Å². The molecule has 0 aliphatic carbocycles. The highest BCUT2D eigenvalue weighted by molar-refractivity contribution is 5.76. The predicted molar refractivity (Wildman–Crippen MR) is 332 cm³/mol. The van der Waals surface area contributed by atoms with Crippen molar-refractivity contribution in [3.8, 4) is 0 Å². The first-order valence-electron chi connectivity index (χ1n) is 33.9. The second-order valence-corrected chi connectivity index (χ2v) is 23.6. The van der Waals surface area contributed by atoms with Gasteiger partial charge < -0.3 is 40.3 Å². The van der Waals surface area contributed by atoms with E-state index < -0.39 is 49.5 Å². The Balaban J connectivity index is 2.11. The Hall–Kier alpha value is -1.85. The summed E-state index contributed by atoms with van der Waals surface area (Å²) in [5.74, 6) is -0.171. The number of unbranched alkanes of at least 4 members (excludes halogenated alkanes) is 43. The van der Waals surface area contributed by atoms with Crippen LogP contribution in [0.1, 0.15) is 328 Å². The largest absolute Gasteiger partial charge is 0.394 e. The minimum Gasteiger partial charge on any atom is -0.394 e. The molecule has 0 saturated carbocycles. The predicted octanol–water partition coefficient (Wildman–Crippen LogP) is 18.0. The molecule has 1 rings (SSSR count). The molecule has 1 aliphatic rings. The molecule has 0 aromatic carbocycles. The summed E-state index contributed by atoms with van der Waals surface area (Å²) in [5.41, 5.74) is 0. The Morgan fingerprint density at radius 2 is 0.756 bits per heavy atom. The van der Waals surface area contributed by atoms with Gasteiger partial charge in [0.25, 0.3) is 0 Å². The molecule has 7 unspecified atom stereocenters. The number of hydrogen-bond donors (Lipinski definition) is 6. The summed E-state index contributed by atoms with van der Waals surface area (Å²) in [4.78, 5) is 13.1. The standard InChI is InChI=1S/C69H129NO8/c1-3-5-7-9-11-13-15-17-19-21-23-25-26-27-28-29-30-31-32-33-34-35-36-37-38-39-41-43-45-47-49-51-53-55-57-59-65(73)70-62(61-77-69-68(76)67(75)66(74)64(60-71)78-69)63(72)58-56-54-52-50-48-46-44-42-40-24-22-20-18-16-14-12-10-8-6-4-2/h15,17,21,23,26-27,56,58,62-64,66-69,71-72,74-76H,3-14,16,18-20,22,24-25,28-55,57,59-61H2,1-2H3,(H,70,73)/b17-15-,23-21-,27-26-,58-56+. The number of allylic oxidation sites excluding steroid dienone is 7. The zero-order chi connectivity index (χ0) is 56.5. The summed E-state index contributed by atoms with van der Waals surface area (Å²) in [6.07, 6.45) is 72.1. The van der Waals surface area contributed by atoms with Gasteiger partial charge in [-0.3, -0.25) is 4.79 Å². The van der Waals surface area contributed by atoms with Gasteiger partial charge in [0.2, 0.25) is 5.91 Å². The zero-order valence-corrected chi connectivity index (χ0v) is 51.2. The van der Waals surface area contributed by atoms with Crippen LogP contribution < -0.4 is 5.32 Å². The highest BCUT2D eigenvalue weighted by Crippen LogP contribution is 2.23. The number of rotatable bonds is 59. The Labute approximate surface area is 482 Å². The first-order valence-corrected chi connectivity index (χ1v) is 33.9. The van der Waals surface area contributed by atoms with Crippen molar-refractivity contribution in [2.75, 3.05) is 13.2 Å². The lowest BCUT2D eigenvalue weighted by Crippen LogP contribution is -2.60. The van der Waals surface area contributed by atoms with Crippen molar-refractivity contribution in [3.05, 3.63) is 48.6 Å². The maximum Gasteiger partial charge on any atom is 0.220 e. The Morgan fingerprint density at radius 3 is 1.12 bits per heavy atom. The second-order valence-electron chi connectivity index (χ2n) is 23.6. The summed E-state index contributed by atoms with van der Waals surface area (Å²) in [7, 11) is 0. The van der Waals surface area contributed by atoms with Crippen LogP contribution in [0.2, 0.25) is 0 Å². The maximum absolute atomic E-state index is 13.1. The van der Waals surface area contributed by atoms with Gasteiger partial charge in [0.05, 0.1) is 25.4 Å². The van der Waals surface area contributed by atoms with E-state index in [4.69, 9.17) is 9.47 Å². The van der Waals surface area contributed by atoms with Gasteiger partial charge in [-0.25, -0.2) is 0 Å². The number of nitrogens with one attached hydrogen (secondary N) is 1. The van der Waals surface area contributed by atoms with Crippen molar-refractivity contribution in [2.45, 2.75) is 371 Å². The lowest BCUT2D eigenvalue weighted by molar-refractivity contribution is -0.302. The second kappa shape index (κ2) is 58.4. The van der Waals surface area contributed by atoms with Crippen LogP contribution in [-0.2, 0) is 14.3 Å². The minimum absolute atomic E-state index is 0.171. The number of carbonyl (C=O) groups is 1. The van der Waals surface area contributed by atoms with Gasteiger partial charge in [0.15, 0.2) is 6.29 Å². The molecule has 9 nitrogen and oxygen atoms in total. The highest BCUT2D eigenvalue weighted by Gasteiger charge is 2.44. The van der Waals surface area contributed by atoms with Crippen LogP contribution >= 0.6 is 0 Å². The van der Waals surface area contributed by atoms with Gasteiger partial charge in [-0.15, -0.1) is 0 Å². The summed E-state index contributed by atoms with van der Waals surface area (Å²) in [6, 6.07) is -0.805. The molecular formula is C69H129NO8. The Bertz CT molecular complexity index is 1370. The van der Waals surface area contributed by atoms with Gasteiger partial charge in [-0.2, -0.15) is 0 Å². The van der Waals surface area contributed by atoms with Crippen molar-refractivity contribution in [1.29, 1.82) is 0 Å². The number of carbonyl (C=O) groups excluding carboxylic acids is 1. The summed E-state index contributed by atoms with van der Waals surface area (Å²) in [6.45, 7) is 3.81. The molecule has 0 spiro atoms. The number of aliphatic hydroxyl groups is 5. The first-order chi connectivity index (χ1) is 38.3. The molecule has 458 valence electrons. The van der Waals surface area contributed by atoms with Crippen molar-refractivity contribution >= 4 is 5.91 Å². The third-order valence-corrected chi connectivity index (χ3v) is 16.1. The van der Waals surface area contributed by atoms with E-state index >= 15 is 0 Å². The molecule has 78 heavy (non-hydrogen) atoms. The van der Waals surface area contributed by atoms with Crippen molar-refractivity contribution in [3.63, 3.8) is 0 Å². The average Bonchev–Trinajstić information content (AvgIpc) is 3.45. The molecule has 1 saturated heterocycles. The van der Waals surface area contributed by atoms with Gasteiger partial charge in [-0.05, 0) is 57.8 Å².